The molecule has 22 heavy (non-hydrogen) atoms. The maximum Gasteiger partial charge on any atom is 0.357 e. The first-order chi connectivity index (χ1) is 10.5. The molecule has 7 nitrogen and oxygen atoms in total. The summed E-state index contributed by atoms with van der Waals surface area (Å²) in [6.07, 6.45) is 1.54. The number of ether oxygens (including phenoxy) is 1. The minimum Gasteiger partial charge on any atom is -0.461 e. The van der Waals surface area contributed by atoms with Crippen LogP contribution in [0.2, 0.25) is 0 Å². The zero-order valence-electron chi connectivity index (χ0n) is 12.0. The summed E-state index contributed by atoms with van der Waals surface area (Å²) in [6.45, 7) is 3.74. The molecule has 0 spiro atoms. The Morgan fingerprint density at radius 3 is 2.86 bits per heavy atom. The summed E-state index contributed by atoms with van der Waals surface area (Å²) in [5.41, 5.74) is 2.35. The van der Waals surface area contributed by atoms with E-state index in [0.29, 0.717) is 10.9 Å². The Labute approximate surface area is 125 Å². The molecule has 2 heterocycles. The molecule has 0 amide bonds. The summed E-state index contributed by atoms with van der Waals surface area (Å²) in [4.78, 5) is 29.7. The van der Waals surface area contributed by atoms with Crippen LogP contribution in [-0.4, -0.2) is 27.5 Å². The molecule has 2 aromatic heterocycles. The van der Waals surface area contributed by atoms with Crippen molar-refractivity contribution in [2.75, 3.05) is 6.61 Å². The van der Waals surface area contributed by atoms with E-state index < -0.39 is 10.9 Å². The van der Waals surface area contributed by atoms with E-state index in [-0.39, 0.29) is 18.0 Å². The summed E-state index contributed by atoms with van der Waals surface area (Å²) >= 11 is 0. The highest BCUT2D eigenvalue weighted by atomic mass is 16.6. The fourth-order valence-corrected chi connectivity index (χ4v) is 2.56. The Kier molecular flexibility index (Phi) is 3.25. The summed E-state index contributed by atoms with van der Waals surface area (Å²) in [6, 6.07) is 4.58. The van der Waals surface area contributed by atoms with E-state index in [1.807, 2.05) is 0 Å². The molecule has 0 fully saturated rings. The number of esters is 1. The number of hydrogen-bond acceptors (Lipinski definition) is 5. The van der Waals surface area contributed by atoms with Gasteiger partial charge in [-0.2, -0.15) is 0 Å². The van der Waals surface area contributed by atoms with Crippen LogP contribution in [0.25, 0.3) is 21.8 Å². The SMILES string of the molecule is CCOC(=O)c1ncc2[nH]c3ccc([N+](=O)[O-])cc3c2c1C. The van der Waals surface area contributed by atoms with Gasteiger partial charge in [-0.3, -0.25) is 10.1 Å². The highest BCUT2D eigenvalue weighted by Gasteiger charge is 2.18. The van der Waals surface area contributed by atoms with Crippen molar-refractivity contribution in [2.24, 2.45) is 0 Å². The number of rotatable bonds is 3. The number of nitro benzene ring substituents is 1. The largest absolute Gasteiger partial charge is 0.461 e. The smallest absolute Gasteiger partial charge is 0.357 e. The number of nitrogens with zero attached hydrogens (tertiary/aromatic N) is 2. The monoisotopic (exact) mass is 299 g/mol. The van der Waals surface area contributed by atoms with E-state index in [2.05, 4.69) is 9.97 Å². The Morgan fingerprint density at radius 2 is 2.18 bits per heavy atom. The van der Waals surface area contributed by atoms with Crippen LogP contribution in [0.5, 0.6) is 0 Å². The van der Waals surface area contributed by atoms with Gasteiger partial charge in [0.1, 0.15) is 0 Å². The van der Waals surface area contributed by atoms with Crippen molar-refractivity contribution in [1.29, 1.82) is 0 Å². The molecule has 112 valence electrons. The second-order valence-corrected chi connectivity index (χ2v) is 4.85. The quantitative estimate of drug-likeness (QED) is 0.455. The number of nitrogens with one attached hydrogen (secondary N) is 1. The molecule has 0 saturated heterocycles. The van der Waals surface area contributed by atoms with Gasteiger partial charge < -0.3 is 9.72 Å². The van der Waals surface area contributed by atoms with E-state index in [4.69, 9.17) is 4.74 Å². The van der Waals surface area contributed by atoms with Gasteiger partial charge in [-0.25, -0.2) is 9.78 Å². The van der Waals surface area contributed by atoms with E-state index in [1.165, 1.54) is 12.1 Å². The van der Waals surface area contributed by atoms with Crippen LogP contribution in [0.15, 0.2) is 24.4 Å². The molecular weight excluding hydrogens is 286 g/mol. The number of aryl methyl sites for hydroxylation is 1. The molecule has 0 aliphatic carbocycles. The molecular formula is C15H13N3O4. The minimum atomic E-state index is -0.498. The third-order valence-electron chi connectivity index (χ3n) is 3.54. The van der Waals surface area contributed by atoms with E-state index >= 15 is 0 Å². The maximum absolute atomic E-state index is 11.9. The van der Waals surface area contributed by atoms with E-state index in [9.17, 15) is 14.9 Å². The van der Waals surface area contributed by atoms with E-state index in [1.54, 1.807) is 26.1 Å². The molecule has 1 aromatic carbocycles. The molecule has 3 rings (SSSR count). The number of benzene rings is 1. The average Bonchev–Trinajstić information content (AvgIpc) is 2.85. The van der Waals surface area contributed by atoms with Gasteiger partial charge in [0.25, 0.3) is 5.69 Å². The fourth-order valence-electron chi connectivity index (χ4n) is 2.56. The van der Waals surface area contributed by atoms with Crippen molar-refractivity contribution in [3.8, 4) is 0 Å². The van der Waals surface area contributed by atoms with Crippen LogP contribution in [0.3, 0.4) is 0 Å². The number of H-pyrrole nitrogens is 1. The van der Waals surface area contributed by atoms with Gasteiger partial charge in [0.2, 0.25) is 0 Å². The Morgan fingerprint density at radius 1 is 1.41 bits per heavy atom. The first-order valence-electron chi connectivity index (χ1n) is 6.75. The van der Waals surface area contributed by atoms with E-state index in [0.717, 1.165) is 16.4 Å². The Hall–Kier alpha value is -2.96. The zero-order chi connectivity index (χ0) is 15.9. The van der Waals surface area contributed by atoms with Crippen LogP contribution >= 0.6 is 0 Å². The van der Waals surface area contributed by atoms with Crippen molar-refractivity contribution >= 4 is 33.5 Å². The number of fused-ring (bicyclic) bond motifs is 3. The van der Waals surface area contributed by atoms with Gasteiger partial charge in [0, 0.05) is 28.4 Å². The molecule has 0 atom stereocenters. The van der Waals surface area contributed by atoms with Crippen molar-refractivity contribution in [2.45, 2.75) is 13.8 Å². The first-order valence-corrected chi connectivity index (χ1v) is 6.75. The van der Waals surface area contributed by atoms with Gasteiger partial charge in [0.05, 0.1) is 23.2 Å². The summed E-state index contributed by atoms with van der Waals surface area (Å²) in [7, 11) is 0. The lowest BCUT2D eigenvalue weighted by Gasteiger charge is -2.05. The normalized spacial score (nSPS) is 11.0. The fraction of sp³-hybridized carbons (Fsp3) is 0.200. The lowest BCUT2D eigenvalue weighted by molar-refractivity contribution is -0.384. The standard InChI is InChI=1S/C15H13N3O4/c1-3-22-15(19)14-8(2)13-10-6-9(18(20)21)4-5-11(10)17-12(13)7-16-14/h4-7,17H,3H2,1-2H3. The molecule has 0 radical (unpaired) electrons. The number of nitro groups is 1. The number of hydrogen-bond donors (Lipinski definition) is 1. The second kappa shape index (κ2) is 5.10. The molecule has 0 unspecified atom stereocenters. The third-order valence-corrected chi connectivity index (χ3v) is 3.54. The van der Waals surface area contributed by atoms with Crippen LogP contribution < -0.4 is 0 Å². The Balaban J connectivity index is 2.31. The molecule has 3 aromatic rings. The predicted molar refractivity (Wildman–Crippen MR) is 80.9 cm³/mol. The van der Waals surface area contributed by atoms with Crippen LogP contribution in [0, 0.1) is 17.0 Å². The Bertz CT molecular complexity index is 914. The summed E-state index contributed by atoms with van der Waals surface area (Å²) < 4.78 is 4.99. The third kappa shape index (κ3) is 2.07. The molecule has 0 saturated carbocycles. The van der Waals surface area contributed by atoms with Gasteiger partial charge in [-0.05, 0) is 25.5 Å². The number of aromatic nitrogens is 2. The summed E-state index contributed by atoms with van der Waals surface area (Å²) in [5.74, 6) is -0.498. The lowest BCUT2D eigenvalue weighted by atomic mass is 10.1. The minimum absolute atomic E-state index is 0.00213. The van der Waals surface area contributed by atoms with Crippen LogP contribution in [0.4, 0.5) is 5.69 Å². The van der Waals surface area contributed by atoms with Gasteiger partial charge in [-0.15, -0.1) is 0 Å². The van der Waals surface area contributed by atoms with Crippen molar-refractivity contribution < 1.29 is 14.5 Å². The zero-order valence-corrected chi connectivity index (χ0v) is 12.0. The number of carbonyl (C=O) groups is 1. The predicted octanol–water partition coefficient (Wildman–Crippen LogP) is 3.11. The van der Waals surface area contributed by atoms with Gasteiger partial charge in [-0.1, -0.05) is 0 Å². The lowest BCUT2D eigenvalue weighted by Crippen LogP contribution is -2.09. The number of aromatic amines is 1. The molecule has 1 N–H and O–H groups in total. The van der Waals surface area contributed by atoms with Crippen LogP contribution in [0.1, 0.15) is 23.0 Å². The molecule has 7 heteroatoms. The summed E-state index contributed by atoms with van der Waals surface area (Å²) in [5, 5.41) is 12.4. The van der Waals surface area contributed by atoms with Crippen LogP contribution in [-0.2, 0) is 4.74 Å². The number of pyridine rings is 1. The molecule has 0 aliphatic rings. The van der Waals surface area contributed by atoms with Gasteiger partial charge in [0.15, 0.2) is 5.69 Å². The van der Waals surface area contributed by atoms with Crippen molar-refractivity contribution in [1.82, 2.24) is 9.97 Å². The van der Waals surface area contributed by atoms with Gasteiger partial charge >= 0.3 is 5.97 Å². The maximum atomic E-state index is 11.9. The van der Waals surface area contributed by atoms with Crippen molar-refractivity contribution in [3.63, 3.8) is 0 Å². The highest BCUT2D eigenvalue weighted by Crippen LogP contribution is 2.31. The number of non-ortho nitro benzene ring substituents is 1. The average molecular weight is 299 g/mol. The van der Waals surface area contributed by atoms with Crippen molar-refractivity contribution in [3.05, 3.63) is 45.8 Å². The number of carbonyl (C=O) groups excluding carboxylic acids is 1. The second-order valence-electron chi connectivity index (χ2n) is 4.85. The molecule has 0 aliphatic heterocycles. The molecule has 0 bridgehead atoms. The highest BCUT2D eigenvalue weighted by molar-refractivity contribution is 6.11. The topological polar surface area (TPSA) is 98.1 Å². The first kappa shape index (κ1) is 14.0.